The first-order valence-electron chi connectivity index (χ1n) is 7.53. The minimum atomic E-state index is -0.163. The van der Waals surface area contributed by atoms with Crippen LogP contribution in [0.4, 0.5) is 10.1 Å². The van der Waals surface area contributed by atoms with Crippen molar-refractivity contribution >= 4 is 5.69 Å². The second kappa shape index (κ2) is 7.79. The Balaban J connectivity index is 2.21. The first-order valence-corrected chi connectivity index (χ1v) is 7.53. The van der Waals surface area contributed by atoms with Gasteiger partial charge in [-0.15, -0.1) is 0 Å². The highest BCUT2D eigenvalue weighted by atomic mass is 19.1. The van der Waals surface area contributed by atoms with E-state index in [2.05, 4.69) is 42.3 Å². The summed E-state index contributed by atoms with van der Waals surface area (Å²) in [6.07, 6.45) is 0. The lowest BCUT2D eigenvalue weighted by Gasteiger charge is -2.25. The summed E-state index contributed by atoms with van der Waals surface area (Å²) in [5, 5.41) is 3.35. The van der Waals surface area contributed by atoms with Gasteiger partial charge in [-0.05, 0) is 36.7 Å². The van der Waals surface area contributed by atoms with Crippen LogP contribution in [0.5, 0.6) is 0 Å². The van der Waals surface area contributed by atoms with E-state index in [0.717, 1.165) is 26.2 Å². The fraction of sp³-hybridized carbons (Fsp3) is 0.333. The maximum absolute atomic E-state index is 14.0. The van der Waals surface area contributed by atoms with Crippen LogP contribution in [-0.4, -0.2) is 13.1 Å². The summed E-state index contributed by atoms with van der Waals surface area (Å²) >= 11 is 0. The molecule has 0 saturated heterocycles. The first-order chi connectivity index (χ1) is 10.3. The van der Waals surface area contributed by atoms with Crippen molar-refractivity contribution in [3.63, 3.8) is 0 Å². The quantitative estimate of drug-likeness (QED) is 0.828. The van der Waals surface area contributed by atoms with Crippen molar-refractivity contribution in [2.24, 2.45) is 0 Å². The molecule has 2 rings (SSSR count). The fourth-order valence-corrected chi connectivity index (χ4v) is 2.42. The number of anilines is 1. The molecule has 0 atom stereocenters. The largest absolute Gasteiger partial charge is 0.365 e. The van der Waals surface area contributed by atoms with E-state index < -0.39 is 0 Å². The average molecular weight is 286 g/mol. The molecule has 0 radical (unpaired) electrons. The fourth-order valence-electron chi connectivity index (χ4n) is 2.42. The van der Waals surface area contributed by atoms with E-state index in [4.69, 9.17) is 0 Å². The number of hydrogen-bond acceptors (Lipinski definition) is 2. The third-order valence-corrected chi connectivity index (χ3v) is 3.62. The number of hydrogen-bond donors (Lipinski definition) is 1. The zero-order valence-electron chi connectivity index (χ0n) is 12.8. The van der Waals surface area contributed by atoms with Crippen LogP contribution in [-0.2, 0) is 13.1 Å². The molecule has 3 heteroatoms. The third-order valence-electron chi connectivity index (χ3n) is 3.62. The van der Waals surface area contributed by atoms with Gasteiger partial charge in [0.1, 0.15) is 5.82 Å². The highest BCUT2D eigenvalue weighted by Gasteiger charge is 2.11. The lowest BCUT2D eigenvalue weighted by Crippen LogP contribution is -2.24. The number of rotatable bonds is 7. The number of benzene rings is 2. The lowest BCUT2D eigenvalue weighted by atomic mass is 10.1. The summed E-state index contributed by atoms with van der Waals surface area (Å²) in [6, 6.07) is 15.3. The molecule has 0 fully saturated rings. The van der Waals surface area contributed by atoms with Gasteiger partial charge in [0.25, 0.3) is 0 Å². The minimum absolute atomic E-state index is 0.163. The van der Waals surface area contributed by atoms with Gasteiger partial charge in [0.2, 0.25) is 0 Å². The van der Waals surface area contributed by atoms with Crippen molar-refractivity contribution < 1.29 is 4.39 Å². The van der Waals surface area contributed by atoms with Gasteiger partial charge in [-0.2, -0.15) is 0 Å². The van der Waals surface area contributed by atoms with Gasteiger partial charge in [-0.1, -0.05) is 43.3 Å². The molecule has 0 spiro atoms. The van der Waals surface area contributed by atoms with Crippen molar-refractivity contribution in [3.05, 3.63) is 65.5 Å². The molecule has 2 nitrogen and oxygen atoms in total. The molecule has 0 aromatic heterocycles. The van der Waals surface area contributed by atoms with Crippen LogP contribution in [0.25, 0.3) is 0 Å². The predicted molar refractivity (Wildman–Crippen MR) is 86.9 cm³/mol. The van der Waals surface area contributed by atoms with Crippen LogP contribution in [0, 0.1) is 5.82 Å². The minimum Gasteiger partial charge on any atom is -0.365 e. The second-order valence-electron chi connectivity index (χ2n) is 5.01. The highest BCUT2D eigenvalue weighted by molar-refractivity contribution is 5.48. The van der Waals surface area contributed by atoms with Gasteiger partial charge >= 0.3 is 0 Å². The smallest absolute Gasteiger partial charge is 0.146 e. The topological polar surface area (TPSA) is 15.3 Å². The van der Waals surface area contributed by atoms with Gasteiger partial charge < -0.3 is 10.2 Å². The summed E-state index contributed by atoms with van der Waals surface area (Å²) in [7, 11) is 0. The van der Waals surface area contributed by atoms with Gasteiger partial charge in [0, 0.05) is 19.6 Å². The molecular weight excluding hydrogens is 263 g/mol. The van der Waals surface area contributed by atoms with E-state index in [0.29, 0.717) is 5.69 Å². The lowest BCUT2D eigenvalue weighted by molar-refractivity contribution is 0.617. The molecule has 0 bridgehead atoms. The Hall–Kier alpha value is -1.87. The highest BCUT2D eigenvalue weighted by Crippen LogP contribution is 2.22. The molecule has 0 unspecified atom stereocenters. The van der Waals surface area contributed by atoms with Crippen molar-refractivity contribution in [1.29, 1.82) is 0 Å². The Labute approximate surface area is 126 Å². The van der Waals surface area contributed by atoms with E-state index in [9.17, 15) is 4.39 Å². The van der Waals surface area contributed by atoms with E-state index in [1.807, 2.05) is 18.2 Å². The number of nitrogens with one attached hydrogen (secondary N) is 1. The Morgan fingerprint density at radius 3 is 2.29 bits per heavy atom. The number of para-hydroxylation sites is 1. The van der Waals surface area contributed by atoms with E-state index >= 15 is 0 Å². The van der Waals surface area contributed by atoms with Gasteiger partial charge in [-0.25, -0.2) is 4.39 Å². The maximum atomic E-state index is 14.0. The van der Waals surface area contributed by atoms with Crippen molar-refractivity contribution in [1.82, 2.24) is 5.32 Å². The summed E-state index contributed by atoms with van der Waals surface area (Å²) in [5.41, 5.74) is 3.18. The number of halogens is 1. The van der Waals surface area contributed by atoms with Gasteiger partial charge in [0.05, 0.1) is 5.69 Å². The average Bonchev–Trinajstić information content (AvgIpc) is 2.52. The van der Waals surface area contributed by atoms with E-state index in [-0.39, 0.29) is 5.82 Å². The van der Waals surface area contributed by atoms with Gasteiger partial charge in [-0.3, -0.25) is 0 Å². The first kappa shape index (κ1) is 15.5. The SMILES string of the molecule is CCNCc1ccccc1CN(CC)c1ccccc1F. The molecule has 21 heavy (non-hydrogen) atoms. The molecule has 2 aromatic rings. The molecule has 0 amide bonds. The summed E-state index contributed by atoms with van der Waals surface area (Å²) in [6.45, 7) is 7.44. The van der Waals surface area contributed by atoms with Gasteiger partial charge in [0.15, 0.2) is 0 Å². The number of nitrogens with zero attached hydrogens (tertiary/aromatic N) is 1. The van der Waals surface area contributed by atoms with E-state index in [1.54, 1.807) is 6.07 Å². The van der Waals surface area contributed by atoms with Crippen molar-refractivity contribution in [2.75, 3.05) is 18.0 Å². The normalized spacial score (nSPS) is 10.6. The molecule has 0 saturated carbocycles. The van der Waals surface area contributed by atoms with Crippen LogP contribution in [0.15, 0.2) is 48.5 Å². The summed E-state index contributed by atoms with van der Waals surface area (Å²) in [5.74, 6) is -0.163. The molecule has 2 aromatic carbocycles. The van der Waals surface area contributed by atoms with Crippen LogP contribution in [0.2, 0.25) is 0 Å². The maximum Gasteiger partial charge on any atom is 0.146 e. The predicted octanol–water partition coefficient (Wildman–Crippen LogP) is 3.96. The molecule has 0 aliphatic rings. The monoisotopic (exact) mass is 286 g/mol. The van der Waals surface area contributed by atoms with Crippen LogP contribution < -0.4 is 10.2 Å². The van der Waals surface area contributed by atoms with Crippen LogP contribution >= 0.6 is 0 Å². The Morgan fingerprint density at radius 2 is 1.62 bits per heavy atom. The Bertz CT molecular complexity index is 569. The molecule has 0 aliphatic carbocycles. The third kappa shape index (κ3) is 4.05. The van der Waals surface area contributed by atoms with Crippen LogP contribution in [0.1, 0.15) is 25.0 Å². The van der Waals surface area contributed by atoms with Crippen molar-refractivity contribution in [3.8, 4) is 0 Å². The van der Waals surface area contributed by atoms with Crippen molar-refractivity contribution in [2.45, 2.75) is 26.9 Å². The summed E-state index contributed by atoms with van der Waals surface area (Å²) in [4.78, 5) is 2.07. The Morgan fingerprint density at radius 1 is 0.952 bits per heavy atom. The Kier molecular flexibility index (Phi) is 5.76. The van der Waals surface area contributed by atoms with Crippen LogP contribution in [0.3, 0.4) is 0 Å². The zero-order chi connectivity index (χ0) is 15.1. The zero-order valence-corrected chi connectivity index (χ0v) is 12.8. The molecule has 0 heterocycles. The molecular formula is C18H23FN2. The second-order valence-corrected chi connectivity index (χ2v) is 5.01. The summed E-state index contributed by atoms with van der Waals surface area (Å²) < 4.78 is 14.0. The van der Waals surface area contributed by atoms with E-state index in [1.165, 1.54) is 17.2 Å². The molecule has 112 valence electrons. The molecule has 1 N–H and O–H groups in total. The standard InChI is InChI=1S/C18H23FN2/c1-3-20-13-15-9-5-6-10-16(15)14-21(4-2)18-12-8-7-11-17(18)19/h5-12,20H,3-4,13-14H2,1-2H3. The molecule has 0 aliphatic heterocycles.